The number of allylic oxidation sites excluding steroid dienone is 6. The Hall–Kier alpha value is -2.35. The van der Waals surface area contributed by atoms with Crippen LogP contribution in [0.25, 0.3) is 6.08 Å². The van der Waals surface area contributed by atoms with E-state index < -0.39 is 0 Å². The fourth-order valence-electron chi connectivity index (χ4n) is 2.99. The lowest BCUT2D eigenvalue weighted by atomic mass is 9.89. The Balaban J connectivity index is 2.83. The lowest BCUT2D eigenvalue weighted by molar-refractivity contribution is -0.137. The topological polar surface area (TPSA) is 26.3 Å². The van der Waals surface area contributed by atoms with Crippen LogP contribution in [0.4, 0.5) is 0 Å². The average Bonchev–Trinajstić information content (AvgIpc) is 2.65. The first-order chi connectivity index (χ1) is 13.2. The van der Waals surface area contributed by atoms with Crippen LogP contribution < -0.4 is 0 Å². The van der Waals surface area contributed by atoms with Crippen molar-refractivity contribution in [2.75, 3.05) is 6.61 Å². The molecule has 0 aromatic heterocycles. The number of hydrogen-bond donors (Lipinski definition) is 0. The third kappa shape index (κ3) is 6.99. The van der Waals surface area contributed by atoms with E-state index >= 15 is 0 Å². The predicted molar refractivity (Wildman–Crippen MR) is 122 cm³/mol. The second-order valence-corrected chi connectivity index (χ2v) is 7.55. The second kappa shape index (κ2) is 11.5. The minimum Gasteiger partial charge on any atom is -0.463 e. The van der Waals surface area contributed by atoms with E-state index in [1.165, 1.54) is 39.5 Å². The summed E-state index contributed by atoms with van der Waals surface area (Å²) in [5.74, 6) is -0.271. The minimum atomic E-state index is -0.271. The van der Waals surface area contributed by atoms with Crippen LogP contribution in [-0.4, -0.2) is 12.6 Å². The third-order valence-corrected chi connectivity index (χ3v) is 5.38. The predicted octanol–water partition coefficient (Wildman–Crippen LogP) is 7.03. The zero-order chi connectivity index (χ0) is 21.3. The Labute approximate surface area is 171 Å². The maximum Gasteiger partial charge on any atom is 0.331 e. The summed E-state index contributed by atoms with van der Waals surface area (Å²) in [6.07, 6.45) is 13.8. The molecule has 0 fully saturated rings. The Kier molecular flexibility index (Phi) is 9.72. The van der Waals surface area contributed by atoms with E-state index in [0.29, 0.717) is 6.61 Å². The molecule has 2 nitrogen and oxygen atoms in total. The summed E-state index contributed by atoms with van der Waals surface area (Å²) in [6, 6.07) is 0. The van der Waals surface area contributed by atoms with Gasteiger partial charge in [-0.2, -0.15) is 0 Å². The van der Waals surface area contributed by atoms with Gasteiger partial charge in [0.1, 0.15) is 0 Å². The molecular formula is C26H36O2. The number of rotatable bonds is 8. The molecule has 2 heteroatoms. The number of unbranched alkanes of at least 4 members (excludes halogenated alkanes) is 1. The van der Waals surface area contributed by atoms with Gasteiger partial charge in [0.2, 0.25) is 0 Å². The smallest absolute Gasteiger partial charge is 0.331 e. The molecule has 0 saturated carbocycles. The minimum absolute atomic E-state index is 0.271. The fourth-order valence-corrected chi connectivity index (χ4v) is 2.99. The largest absolute Gasteiger partial charge is 0.463 e. The van der Waals surface area contributed by atoms with Crippen LogP contribution in [-0.2, 0) is 9.53 Å². The van der Waals surface area contributed by atoms with Gasteiger partial charge in [0.25, 0.3) is 0 Å². The van der Waals surface area contributed by atoms with Crippen molar-refractivity contribution >= 4 is 12.0 Å². The molecule has 0 N–H and O–H groups in total. The van der Waals surface area contributed by atoms with Crippen molar-refractivity contribution < 1.29 is 9.53 Å². The molecule has 28 heavy (non-hydrogen) atoms. The zero-order valence-corrected chi connectivity index (χ0v) is 18.9. The van der Waals surface area contributed by atoms with Gasteiger partial charge in [-0.15, -0.1) is 0 Å². The highest BCUT2D eigenvalue weighted by atomic mass is 16.5. The van der Waals surface area contributed by atoms with Gasteiger partial charge in [0, 0.05) is 6.08 Å². The molecule has 0 aliphatic carbocycles. The molecule has 0 aliphatic heterocycles. The van der Waals surface area contributed by atoms with Crippen LogP contribution in [0.3, 0.4) is 0 Å². The number of benzene rings is 1. The van der Waals surface area contributed by atoms with Crippen molar-refractivity contribution in [3.8, 4) is 0 Å². The maximum atomic E-state index is 11.7. The molecule has 0 atom stereocenters. The molecule has 0 radical (unpaired) electrons. The van der Waals surface area contributed by atoms with Crippen LogP contribution in [0.5, 0.6) is 0 Å². The highest BCUT2D eigenvalue weighted by Gasteiger charge is 2.09. The number of esters is 1. The molecule has 1 aromatic rings. The maximum absolute atomic E-state index is 11.7. The first-order valence-corrected chi connectivity index (χ1v) is 10.1. The first-order valence-electron chi connectivity index (χ1n) is 10.1. The van der Waals surface area contributed by atoms with Crippen LogP contribution in [0.15, 0.2) is 41.5 Å². The molecular weight excluding hydrogens is 344 g/mol. The van der Waals surface area contributed by atoms with E-state index in [1.54, 1.807) is 0 Å². The standard InChI is InChI=1S/C26H36O2/c1-9-10-16-28-26(27)17-19(3)13-11-12-18(2)14-15-25-23(7)21(5)20(4)22(6)24(25)8/h11-15,17H,9-10,16H2,1-8H3/b13-11+,15-14+,18-12+,19-17+. The third-order valence-electron chi connectivity index (χ3n) is 5.38. The van der Waals surface area contributed by atoms with Crippen LogP contribution >= 0.6 is 0 Å². The first kappa shape index (κ1) is 23.7. The summed E-state index contributed by atoms with van der Waals surface area (Å²) in [5, 5.41) is 0. The molecule has 1 rings (SSSR count). The fraction of sp³-hybridized carbons (Fsp3) is 0.423. The number of carbonyl (C=O) groups excluding carboxylic acids is 1. The molecule has 0 amide bonds. The highest BCUT2D eigenvalue weighted by Crippen LogP contribution is 2.27. The quantitative estimate of drug-likeness (QED) is 0.209. The van der Waals surface area contributed by atoms with Gasteiger partial charge in [-0.25, -0.2) is 4.79 Å². The summed E-state index contributed by atoms with van der Waals surface area (Å²) in [6.45, 7) is 17.5. The lowest BCUT2D eigenvalue weighted by Gasteiger charge is -2.16. The molecule has 1 aromatic carbocycles. The van der Waals surface area contributed by atoms with Gasteiger partial charge >= 0.3 is 5.97 Å². The summed E-state index contributed by atoms with van der Waals surface area (Å²) >= 11 is 0. The highest BCUT2D eigenvalue weighted by molar-refractivity contribution is 5.83. The van der Waals surface area contributed by atoms with Crippen molar-refractivity contribution in [3.05, 3.63) is 74.9 Å². The Morgan fingerprint density at radius 1 is 0.857 bits per heavy atom. The Morgan fingerprint density at radius 2 is 1.43 bits per heavy atom. The van der Waals surface area contributed by atoms with Crippen LogP contribution in [0, 0.1) is 34.6 Å². The molecule has 0 bridgehead atoms. The SMILES string of the molecule is CCCCOC(=O)/C=C(C)/C=C/C=C(C)/C=C/c1c(C)c(C)c(C)c(C)c1C. The lowest BCUT2D eigenvalue weighted by Crippen LogP contribution is -2.02. The number of ether oxygens (including phenoxy) is 1. The van der Waals surface area contributed by atoms with Crippen molar-refractivity contribution in [1.82, 2.24) is 0 Å². The number of carbonyl (C=O) groups is 1. The van der Waals surface area contributed by atoms with Crippen LogP contribution in [0.1, 0.15) is 67.0 Å². The van der Waals surface area contributed by atoms with Crippen molar-refractivity contribution in [2.45, 2.75) is 68.2 Å². The summed E-state index contributed by atoms with van der Waals surface area (Å²) in [4.78, 5) is 11.7. The Bertz CT molecular complexity index is 788. The van der Waals surface area contributed by atoms with Gasteiger partial charge in [-0.1, -0.05) is 49.3 Å². The Morgan fingerprint density at radius 3 is 2.00 bits per heavy atom. The average molecular weight is 381 g/mol. The van der Waals surface area contributed by atoms with Crippen molar-refractivity contribution in [1.29, 1.82) is 0 Å². The normalized spacial score (nSPS) is 13.0. The van der Waals surface area contributed by atoms with Crippen molar-refractivity contribution in [2.24, 2.45) is 0 Å². The van der Waals surface area contributed by atoms with Gasteiger partial charge in [0.05, 0.1) is 6.61 Å². The summed E-state index contributed by atoms with van der Waals surface area (Å²) in [5.41, 5.74) is 10.2. The zero-order valence-electron chi connectivity index (χ0n) is 18.9. The van der Waals surface area contributed by atoms with E-state index in [1.807, 2.05) is 19.1 Å². The number of hydrogen-bond acceptors (Lipinski definition) is 2. The van der Waals surface area contributed by atoms with Gasteiger partial charge < -0.3 is 4.74 Å². The van der Waals surface area contributed by atoms with Crippen molar-refractivity contribution in [3.63, 3.8) is 0 Å². The summed E-state index contributed by atoms with van der Waals surface area (Å²) in [7, 11) is 0. The molecule has 0 saturated heterocycles. The molecule has 0 unspecified atom stereocenters. The summed E-state index contributed by atoms with van der Waals surface area (Å²) < 4.78 is 5.14. The van der Waals surface area contributed by atoms with Crippen LogP contribution in [0.2, 0.25) is 0 Å². The van der Waals surface area contributed by atoms with E-state index in [9.17, 15) is 4.79 Å². The van der Waals surface area contributed by atoms with E-state index in [4.69, 9.17) is 4.74 Å². The molecule has 152 valence electrons. The monoisotopic (exact) mass is 380 g/mol. The van der Waals surface area contributed by atoms with Gasteiger partial charge in [-0.3, -0.25) is 0 Å². The van der Waals surface area contributed by atoms with E-state index in [0.717, 1.165) is 24.0 Å². The van der Waals surface area contributed by atoms with Gasteiger partial charge in [0.15, 0.2) is 0 Å². The van der Waals surface area contributed by atoms with E-state index in [2.05, 4.69) is 66.7 Å². The van der Waals surface area contributed by atoms with Gasteiger partial charge in [-0.05, 0) is 93.8 Å². The molecule has 0 spiro atoms. The molecule has 0 aliphatic rings. The van der Waals surface area contributed by atoms with E-state index in [-0.39, 0.29) is 5.97 Å². The second-order valence-electron chi connectivity index (χ2n) is 7.55. The molecule has 0 heterocycles.